The molecule has 33 heavy (non-hydrogen) atoms. The van der Waals surface area contributed by atoms with Crippen LogP contribution in [0.4, 0.5) is 5.69 Å². The fourth-order valence-corrected chi connectivity index (χ4v) is 4.48. The van der Waals surface area contributed by atoms with Crippen LogP contribution >= 0.6 is 0 Å². The molecule has 0 aliphatic carbocycles. The number of hydrogen-bond donors (Lipinski definition) is 2. The fraction of sp³-hybridized carbons (Fsp3) is 0.200. The number of carbonyl (C=O) groups is 2. The Balaban J connectivity index is 1.62. The molecule has 7 nitrogen and oxygen atoms in total. The minimum absolute atomic E-state index is 0.0407. The monoisotopic (exact) mass is 466 g/mol. The van der Waals surface area contributed by atoms with Crippen molar-refractivity contribution in [2.24, 2.45) is 0 Å². The average Bonchev–Trinajstić information content (AvgIpc) is 2.79. The normalized spacial score (nSPS) is 11.2. The molecule has 1 amide bonds. The van der Waals surface area contributed by atoms with Crippen LogP contribution in [0.1, 0.15) is 35.3 Å². The average molecular weight is 467 g/mol. The first-order valence-electron chi connectivity index (χ1n) is 10.5. The maximum absolute atomic E-state index is 12.4. The van der Waals surface area contributed by atoms with E-state index in [1.165, 1.54) is 24.3 Å². The quantitative estimate of drug-likeness (QED) is 0.468. The molecule has 0 fully saturated rings. The highest BCUT2D eigenvalue weighted by Gasteiger charge is 2.18. The molecule has 3 aromatic rings. The first-order valence-corrected chi connectivity index (χ1v) is 11.9. The first-order chi connectivity index (χ1) is 15.7. The minimum atomic E-state index is -3.76. The van der Waals surface area contributed by atoms with Gasteiger partial charge in [-0.15, -0.1) is 0 Å². The maximum Gasteiger partial charge on any atom is 0.338 e. The molecule has 0 saturated heterocycles. The highest BCUT2D eigenvalue weighted by atomic mass is 32.2. The van der Waals surface area contributed by atoms with Gasteiger partial charge in [0.1, 0.15) is 0 Å². The summed E-state index contributed by atoms with van der Waals surface area (Å²) in [4.78, 5) is 24.7. The zero-order chi connectivity index (χ0) is 23.8. The number of carbonyl (C=O) groups excluding carboxylic acids is 2. The molecule has 8 heteroatoms. The summed E-state index contributed by atoms with van der Waals surface area (Å²) in [5.41, 5.74) is 2.71. The summed E-state index contributed by atoms with van der Waals surface area (Å²) < 4.78 is 32.2. The zero-order valence-electron chi connectivity index (χ0n) is 18.4. The molecule has 0 heterocycles. The largest absolute Gasteiger partial charge is 0.452 e. The van der Waals surface area contributed by atoms with E-state index in [0.29, 0.717) is 12.1 Å². The van der Waals surface area contributed by atoms with E-state index in [-0.39, 0.29) is 16.5 Å². The van der Waals surface area contributed by atoms with Crippen LogP contribution in [0.25, 0.3) is 0 Å². The Morgan fingerprint density at radius 1 is 0.909 bits per heavy atom. The Kier molecular flexibility index (Phi) is 7.97. The number of amides is 1. The number of sulfonamides is 1. The van der Waals surface area contributed by atoms with Crippen molar-refractivity contribution >= 4 is 27.6 Å². The summed E-state index contributed by atoms with van der Waals surface area (Å²) in [6, 6.07) is 22.5. The lowest BCUT2D eigenvalue weighted by Gasteiger charge is -2.12. The van der Waals surface area contributed by atoms with E-state index in [1.54, 1.807) is 19.9 Å². The van der Waals surface area contributed by atoms with E-state index in [2.05, 4.69) is 10.0 Å². The van der Waals surface area contributed by atoms with E-state index in [1.807, 2.05) is 48.5 Å². The van der Waals surface area contributed by atoms with Crippen LogP contribution < -0.4 is 10.0 Å². The standard InChI is InChI=1S/C25H26N2O5S/c1-18(2)27-33(30,31)22-13-8-12-21(16-22)25(29)32-17-24(28)26-23-14-7-6-11-20(23)15-19-9-4-3-5-10-19/h3-14,16,18,27H,15,17H2,1-2H3,(H,26,28). The molecule has 0 spiro atoms. The summed E-state index contributed by atoms with van der Waals surface area (Å²) in [5, 5.41) is 2.77. The SMILES string of the molecule is CC(C)NS(=O)(=O)c1cccc(C(=O)OCC(=O)Nc2ccccc2Cc2ccccc2)c1. The second kappa shape index (κ2) is 10.9. The molecule has 0 bridgehead atoms. The van der Waals surface area contributed by atoms with E-state index in [0.717, 1.165) is 11.1 Å². The van der Waals surface area contributed by atoms with Crippen molar-refractivity contribution < 1.29 is 22.7 Å². The summed E-state index contributed by atoms with van der Waals surface area (Å²) in [6.45, 7) is 2.90. The summed E-state index contributed by atoms with van der Waals surface area (Å²) in [5.74, 6) is -1.28. The molecule has 0 aromatic heterocycles. The molecular formula is C25H26N2O5S. The highest BCUT2D eigenvalue weighted by Crippen LogP contribution is 2.19. The minimum Gasteiger partial charge on any atom is -0.452 e. The van der Waals surface area contributed by atoms with Crippen molar-refractivity contribution in [1.29, 1.82) is 0 Å². The second-order valence-corrected chi connectivity index (χ2v) is 9.46. The van der Waals surface area contributed by atoms with Gasteiger partial charge in [-0.2, -0.15) is 0 Å². The zero-order valence-corrected chi connectivity index (χ0v) is 19.3. The van der Waals surface area contributed by atoms with Gasteiger partial charge < -0.3 is 10.1 Å². The Morgan fingerprint density at radius 2 is 1.61 bits per heavy atom. The predicted octanol–water partition coefficient (Wildman–Crippen LogP) is 3.76. The van der Waals surface area contributed by atoms with Crippen molar-refractivity contribution in [2.45, 2.75) is 31.2 Å². The van der Waals surface area contributed by atoms with Gasteiger partial charge in [0, 0.05) is 11.7 Å². The van der Waals surface area contributed by atoms with Crippen LogP contribution in [-0.4, -0.2) is 32.9 Å². The maximum atomic E-state index is 12.4. The van der Waals surface area contributed by atoms with Crippen molar-refractivity contribution in [3.05, 3.63) is 95.6 Å². The van der Waals surface area contributed by atoms with Crippen LogP contribution in [0, 0.1) is 0 Å². The van der Waals surface area contributed by atoms with Gasteiger partial charge in [-0.25, -0.2) is 17.9 Å². The van der Waals surface area contributed by atoms with E-state index in [9.17, 15) is 18.0 Å². The Morgan fingerprint density at radius 3 is 2.33 bits per heavy atom. The molecule has 0 radical (unpaired) electrons. The number of nitrogens with one attached hydrogen (secondary N) is 2. The third kappa shape index (κ3) is 7.00. The van der Waals surface area contributed by atoms with Gasteiger partial charge in [0.05, 0.1) is 10.5 Å². The Labute approximate surface area is 193 Å². The molecule has 0 unspecified atom stereocenters. The van der Waals surface area contributed by atoms with Gasteiger partial charge in [-0.05, 0) is 55.7 Å². The lowest BCUT2D eigenvalue weighted by atomic mass is 10.0. The fourth-order valence-electron chi connectivity index (χ4n) is 3.18. The van der Waals surface area contributed by atoms with Crippen LogP contribution in [-0.2, 0) is 26.0 Å². The Bertz CT molecular complexity index is 1220. The van der Waals surface area contributed by atoms with Crippen LogP contribution in [0.15, 0.2) is 83.8 Å². The molecule has 0 saturated carbocycles. The third-order valence-corrected chi connectivity index (χ3v) is 6.29. The third-order valence-electron chi connectivity index (χ3n) is 4.63. The second-order valence-electron chi connectivity index (χ2n) is 7.75. The number of anilines is 1. The van der Waals surface area contributed by atoms with Crippen LogP contribution in [0.3, 0.4) is 0 Å². The number of benzene rings is 3. The number of hydrogen-bond acceptors (Lipinski definition) is 5. The van der Waals surface area contributed by atoms with Gasteiger partial charge in [-0.1, -0.05) is 54.6 Å². The van der Waals surface area contributed by atoms with Crippen molar-refractivity contribution in [2.75, 3.05) is 11.9 Å². The molecule has 0 aliphatic heterocycles. The summed E-state index contributed by atoms with van der Waals surface area (Å²) in [7, 11) is -3.76. The smallest absolute Gasteiger partial charge is 0.338 e. The highest BCUT2D eigenvalue weighted by molar-refractivity contribution is 7.89. The van der Waals surface area contributed by atoms with Gasteiger partial charge >= 0.3 is 5.97 Å². The summed E-state index contributed by atoms with van der Waals surface area (Å²) in [6.07, 6.45) is 0.642. The topological polar surface area (TPSA) is 102 Å². The van der Waals surface area contributed by atoms with E-state index >= 15 is 0 Å². The van der Waals surface area contributed by atoms with Crippen molar-refractivity contribution in [3.8, 4) is 0 Å². The van der Waals surface area contributed by atoms with Gasteiger partial charge in [0.25, 0.3) is 5.91 Å². The lowest BCUT2D eigenvalue weighted by Crippen LogP contribution is -2.30. The molecule has 0 aliphatic rings. The Hall–Kier alpha value is -3.49. The van der Waals surface area contributed by atoms with Gasteiger partial charge in [0.2, 0.25) is 10.0 Å². The van der Waals surface area contributed by atoms with Gasteiger partial charge in [-0.3, -0.25) is 4.79 Å². The van der Waals surface area contributed by atoms with E-state index in [4.69, 9.17) is 4.74 Å². The molecule has 172 valence electrons. The molecule has 3 aromatic carbocycles. The van der Waals surface area contributed by atoms with Crippen LogP contribution in [0.2, 0.25) is 0 Å². The summed E-state index contributed by atoms with van der Waals surface area (Å²) >= 11 is 0. The molecule has 0 atom stereocenters. The van der Waals surface area contributed by atoms with Gasteiger partial charge in [0.15, 0.2) is 6.61 Å². The van der Waals surface area contributed by atoms with Crippen molar-refractivity contribution in [1.82, 2.24) is 4.72 Å². The first kappa shape index (κ1) is 24.2. The number of esters is 1. The molecular weight excluding hydrogens is 440 g/mol. The molecule has 3 rings (SSSR count). The van der Waals surface area contributed by atoms with Crippen molar-refractivity contribution in [3.63, 3.8) is 0 Å². The number of para-hydroxylation sites is 1. The van der Waals surface area contributed by atoms with E-state index < -0.39 is 28.5 Å². The molecule has 2 N–H and O–H groups in total. The van der Waals surface area contributed by atoms with Crippen LogP contribution in [0.5, 0.6) is 0 Å². The predicted molar refractivity (Wildman–Crippen MR) is 127 cm³/mol. The number of ether oxygens (including phenoxy) is 1. The lowest BCUT2D eigenvalue weighted by molar-refractivity contribution is -0.119. The number of rotatable bonds is 9.